The van der Waals surface area contributed by atoms with Gasteiger partial charge >= 0.3 is 0 Å². The predicted molar refractivity (Wildman–Crippen MR) is 72.4 cm³/mol. The topological polar surface area (TPSA) is 53.6 Å². The third-order valence-corrected chi connectivity index (χ3v) is 2.92. The Kier molecular flexibility index (Phi) is 3.98. The largest absolute Gasteiger partial charge is 0.346 e. The summed E-state index contributed by atoms with van der Waals surface area (Å²) in [7, 11) is 2.06. The number of benzene rings is 1. The van der Waals surface area contributed by atoms with Crippen LogP contribution in [0, 0.1) is 0 Å². The molecule has 1 aromatic rings. The van der Waals surface area contributed by atoms with E-state index < -0.39 is 0 Å². The van der Waals surface area contributed by atoms with E-state index in [1.165, 1.54) is 5.56 Å². The van der Waals surface area contributed by atoms with Gasteiger partial charge < -0.3 is 16.0 Å². The van der Waals surface area contributed by atoms with Crippen LogP contribution in [0.15, 0.2) is 29.3 Å². The molecule has 2 rings (SSSR count). The van der Waals surface area contributed by atoms with Crippen LogP contribution >= 0.6 is 0 Å². The van der Waals surface area contributed by atoms with Gasteiger partial charge in [-0.2, -0.15) is 0 Å². The van der Waals surface area contributed by atoms with Crippen LogP contribution in [-0.2, 0) is 6.42 Å². The first kappa shape index (κ1) is 11.9. The molecule has 0 bridgehead atoms. The second-order valence-corrected chi connectivity index (χ2v) is 4.34. The molecule has 4 nitrogen and oxygen atoms in total. The zero-order chi connectivity index (χ0) is 12.1. The lowest BCUT2D eigenvalue weighted by Gasteiger charge is -2.25. The molecule has 0 aliphatic carbocycles. The van der Waals surface area contributed by atoms with E-state index in [9.17, 15) is 0 Å². The van der Waals surface area contributed by atoms with Crippen molar-refractivity contribution in [1.29, 1.82) is 0 Å². The van der Waals surface area contributed by atoms with Crippen LogP contribution in [0.1, 0.15) is 12.0 Å². The lowest BCUT2D eigenvalue weighted by Crippen LogP contribution is -2.37. The normalized spacial score (nSPS) is 15.6. The maximum Gasteiger partial charge on any atom is 0.198 e. The highest BCUT2D eigenvalue weighted by Crippen LogP contribution is 2.11. The fourth-order valence-corrected chi connectivity index (χ4v) is 1.90. The molecular formula is C13H20N4. The lowest BCUT2D eigenvalue weighted by atomic mass is 10.1. The summed E-state index contributed by atoms with van der Waals surface area (Å²) < 4.78 is 0. The van der Waals surface area contributed by atoms with Crippen LogP contribution < -0.4 is 11.1 Å². The highest BCUT2D eigenvalue weighted by atomic mass is 15.3. The molecule has 0 aromatic heterocycles. The molecule has 0 unspecified atom stereocenters. The van der Waals surface area contributed by atoms with Crippen molar-refractivity contribution in [2.75, 3.05) is 32.0 Å². The molecule has 0 fully saturated rings. The molecule has 1 aliphatic heterocycles. The number of hydrogen-bond donors (Lipinski definition) is 2. The minimum Gasteiger partial charge on any atom is -0.346 e. The quantitative estimate of drug-likeness (QED) is 0.825. The summed E-state index contributed by atoms with van der Waals surface area (Å²) in [6.07, 6.45) is 2.07. The second-order valence-electron chi connectivity index (χ2n) is 4.34. The first-order valence-corrected chi connectivity index (χ1v) is 6.11. The van der Waals surface area contributed by atoms with Crippen LogP contribution in [0.4, 0.5) is 5.69 Å². The molecule has 17 heavy (non-hydrogen) atoms. The van der Waals surface area contributed by atoms with Crippen molar-refractivity contribution in [3.8, 4) is 0 Å². The van der Waals surface area contributed by atoms with Crippen LogP contribution in [0.25, 0.3) is 0 Å². The Hall–Kier alpha value is -1.55. The van der Waals surface area contributed by atoms with E-state index in [0.717, 1.165) is 37.6 Å². The highest BCUT2D eigenvalue weighted by molar-refractivity contribution is 5.93. The summed E-state index contributed by atoms with van der Waals surface area (Å²) in [6, 6.07) is 8.38. The van der Waals surface area contributed by atoms with Crippen LogP contribution in [0.2, 0.25) is 0 Å². The predicted octanol–water partition coefficient (Wildman–Crippen LogP) is 1.29. The first-order chi connectivity index (χ1) is 8.29. The Bertz CT molecular complexity index is 383. The average molecular weight is 232 g/mol. The molecule has 4 heteroatoms. The van der Waals surface area contributed by atoms with Crippen molar-refractivity contribution in [2.24, 2.45) is 10.7 Å². The molecule has 92 valence electrons. The Morgan fingerprint density at radius 3 is 2.76 bits per heavy atom. The van der Waals surface area contributed by atoms with Crippen LogP contribution in [-0.4, -0.2) is 37.5 Å². The third kappa shape index (κ3) is 3.20. The fraction of sp³-hybridized carbons (Fsp3) is 0.462. The Morgan fingerprint density at radius 1 is 1.35 bits per heavy atom. The summed E-state index contributed by atoms with van der Waals surface area (Å²) in [5, 5.41) is 3.34. The number of nitrogens with two attached hydrogens (primary N) is 1. The first-order valence-electron chi connectivity index (χ1n) is 6.11. The van der Waals surface area contributed by atoms with Gasteiger partial charge in [0.2, 0.25) is 0 Å². The van der Waals surface area contributed by atoms with Gasteiger partial charge in [0.1, 0.15) is 0 Å². The van der Waals surface area contributed by atoms with E-state index in [0.29, 0.717) is 6.54 Å². The fourth-order valence-electron chi connectivity index (χ4n) is 1.90. The third-order valence-electron chi connectivity index (χ3n) is 2.92. The molecule has 0 radical (unpaired) electrons. The summed E-state index contributed by atoms with van der Waals surface area (Å²) in [4.78, 5) is 6.63. The van der Waals surface area contributed by atoms with Crippen molar-refractivity contribution in [2.45, 2.75) is 12.8 Å². The molecule has 1 aromatic carbocycles. The van der Waals surface area contributed by atoms with E-state index >= 15 is 0 Å². The number of nitrogens with zero attached hydrogens (tertiary/aromatic N) is 2. The van der Waals surface area contributed by atoms with Crippen molar-refractivity contribution < 1.29 is 0 Å². The Labute approximate surface area is 103 Å². The molecular weight excluding hydrogens is 212 g/mol. The minimum atomic E-state index is 0.697. The molecule has 0 saturated heterocycles. The van der Waals surface area contributed by atoms with E-state index in [-0.39, 0.29) is 0 Å². The molecule has 0 spiro atoms. The maximum absolute atomic E-state index is 5.52. The van der Waals surface area contributed by atoms with Crippen LogP contribution in [0.5, 0.6) is 0 Å². The monoisotopic (exact) mass is 232 g/mol. The number of hydrogen-bond acceptors (Lipinski definition) is 4. The maximum atomic E-state index is 5.52. The van der Waals surface area contributed by atoms with Gasteiger partial charge in [0, 0.05) is 25.8 Å². The van der Waals surface area contributed by atoms with Crippen molar-refractivity contribution in [1.82, 2.24) is 4.90 Å². The van der Waals surface area contributed by atoms with Crippen molar-refractivity contribution in [3.63, 3.8) is 0 Å². The molecule has 0 atom stereocenters. The lowest BCUT2D eigenvalue weighted by molar-refractivity contribution is 0.466. The number of aliphatic imine (C=N–C) groups is 1. The van der Waals surface area contributed by atoms with Gasteiger partial charge in [0.05, 0.1) is 0 Å². The SMILES string of the molecule is CN1CCCN=C1Nc1ccc(CCN)cc1. The summed E-state index contributed by atoms with van der Waals surface area (Å²) in [6.45, 7) is 2.68. The molecule has 1 heterocycles. The number of anilines is 1. The van der Waals surface area contributed by atoms with Gasteiger partial charge in [-0.05, 0) is 37.1 Å². The van der Waals surface area contributed by atoms with Gasteiger partial charge in [-0.25, -0.2) is 0 Å². The van der Waals surface area contributed by atoms with Crippen molar-refractivity contribution >= 4 is 11.6 Å². The minimum absolute atomic E-state index is 0.697. The van der Waals surface area contributed by atoms with Crippen LogP contribution in [0.3, 0.4) is 0 Å². The molecule has 0 amide bonds. The number of nitrogens with one attached hydrogen (secondary N) is 1. The van der Waals surface area contributed by atoms with E-state index in [1.807, 2.05) is 0 Å². The highest BCUT2D eigenvalue weighted by Gasteiger charge is 2.10. The van der Waals surface area contributed by atoms with Crippen molar-refractivity contribution in [3.05, 3.63) is 29.8 Å². The van der Waals surface area contributed by atoms with E-state index in [2.05, 4.69) is 46.5 Å². The summed E-state index contributed by atoms with van der Waals surface area (Å²) in [5.41, 5.74) is 7.88. The molecule has 0 saturated carbocycles. The number of guanidine groups is 1. The molecule has 3 N–H and O–H groups in total. The Balaban J connectivity index is 2.01. The summed E-state index contributed by atoms with van der Waals surface area (Å²) in [5.74, 6) is 0.961. The molecule has 1 aliphatic rings. The zero-order valence-electron chi connectivity index (χ0n) is 10.3. The van der Waals surface area contributed by atoms with Gasteiger partial charge in [-0.15, -0.1) is 0 Å². The number of rotatable bonds is 3. The second kappa shape index (κ2) is 5.68. The van der Waals surface area contributed by atoms with Gasteiger partial charge in [-0.3, -0.25) is 4.99 Å². The average Bonchev–Trinajstić information content (AvgIpc) is 2.35. The van der Waals surface area contributed by atoms with Gasteiger partial charge in [0.15, 0.2) is 5.96 Å². The van der Waals surface area contributed by atoms with E-state index in [1.54, 1.807) is 0 Å². The van der Waals surface area contributed by atoms with E-state index in [4.69, 9.17) is 5.73 Å². The summed E-state index contributed by atoms with van der Waals surface area (Å²) >= 11 is 0. The van der Waals surface area contributed by atoms with Gasteiger partial charge in [-0.1, -0.05) is 12.1 Å². The van der Waals surface area contributed by atoms with Gasteiger partial charge in [0.25, 0.3) is 0 Å². The zero-order valence-corrected chi connectivity index (χ0v) is 10.3. The standard InChI is InChI=1S/C13H20N4/c1-17-10-2-9-15-13(17)16-12-5-3-11(4-6-12)7-8-14/h3-6H,2,7-10,14H2,1H3,(H,15,16). The Morgan fingerprint density at radius 2 is 2.12 bits per heavy atom. The smallest absolute Gasteiger partial charge is 0.198 e.